The highest BCUT2D eigenvalue weighted by Gasteiger charge is 2.30. The topological polar surface area (TPSA) is 65.2 Å². The summed E-state index contributed by atoms with van der Waals surface area (Å²) in [6.45, 7) is 3.93. The van der Waals surface area contributed by atoms with E-state index in [-0.39, 0.29) is 17.7 Å². The third-order valence-corrected chi connectivity index (χ3v) is 7.08. The molecule has 1 fully saturated rings. The number of thioether (sulfide) groups is 1. The minimum absolute atomic E-state index is 0.0421. The van der Waals surface area contributed by atoms with Crippen LogP contribution in [0, 0.1) is 11.8 Å². The molecule has 162 valence electrons. The Morgan fingerprint density at radius 1 is 1.13 bits per heavy atom. The zero-order valence-electron chi connectivity index (χ0n) is 18.1. The molecule has 5 nitrogen and oxygen atoms in total. The van der Waals surface area contributed by atoms with Gasteiger partial charge in [-0.3, -0.25) is 9.59 Å². The number of likely N-dealkylation sites (tertiary alicyclic amines) is 1. The molecule has 1 atom stereocenters. The number of aromatic nitrogens is 1. The van der Waals surface area contributed by atoms with Gasteiger partial charge in [-0.15, -0.1) is 11.8 Å². The van der Waals surface area contributed by atoms with Crippen LogP contribution in [0.2, 0.25) is 0 Å². The molecule has 1 saturated heterocycles. The lowest BCUT2D eigenvalue weighted by Gasteiger charge is -2.34. The SMILES string of the molecule is CSc1ccc(CNC(=O)[C@H](C)C2CCN(C(=O)c3cc4ccccc4[nH]3)CC2)cc1. The lowest BCUT2D eigenvalue weighted by Crippen LogP contribution is -2.42. The van der Waals surface area contributed by atoms with Crippen LogP contribution in [0.4, 0.5) is 0 Å². The van der Waals surface area contributed by atoms with Crippen LogP contribution >= 0.6 is 11.8 Å². The van der Waals surface area contributed by atoms with E-state index in [9.17, 15) is 9.59 Å². The fraction of sp³-hybridized carbons (Fsp3) is 0.360. The monoisotopic (exact) mass is 435 g/mol. The number of nitrogens with one attached hydrogen (secondary N) is 2. The minimum Gasteiger partial charge on any atom is -0.352 e. The third-order valence-electron chi connectivity index (χ3n) is 6.33. The molecule has 2 aromatic carbocycles. The van der Waals surface area contributed by atoms with Crippen molar-refractivity contribution < 1.29 is 9.59 Å². The van der Waals surface area contributed by atoms with Crippen LogP contribution in [0.1, 0.15) is 35.8 Å². The van der Waals surface area contributed by atoms with Gasteiger partial charge in [-0.05, 0) is 54.8 Å². The van der Waals surface area contributed by atoms with Crippen LogP contribution in [0.3, 0.4) is 0 Å². The van der Waals surface area contributed by atoms with Crippen LogP contribution in [-0.2, 0) is 11.3 Å². The molecule has 31 heavy (non-hydrogen) atoms. The normalized spacial score (nSPS) is 15.7. The first-order valence-corrected chi connectivity index (χ1v) is 12.1. The lowest BCUT2D eigenvalue weighted by atomic mass is 9.84. The molecule has 1 aliphatic heterocycles. The van der Waals surface area contributed by atoms with E-state index in [0.717, 1.165) is 29.3 Å². The van der Waals surface area contributed by atoms with Crippen LogP contribution < -0.4 is 5.32 Å². The van der Waals surface area contributed by atoms with E-state index in [1.165, 1.54) is 4.90 Å². The zero-order chi connectivity index (χ0) is 21.8. The summed E-state index contributed by atoms with van der Waals surface area (Å²) in [5, 5.41) is 4.13. The molecule has 0 saturated carbocycles. The van der Waals surface area contributed by atoms with Gasteiger partial charge in [0.1, 0.15) is 5.69 Å². The summed E-state index contributed by atoms with van der Waals surface area (Å²) < 4.78 is 0. The van der Waals surface area contributed by atoms with E-state index < -0.39 is 0 Å². The smallest absolute Gasteiger partial charge is 0.270 e. The van der Waals surface area contributed by atoms with Crippen LogP contribution in [0.15, 0.2) is 59.5 Å². The Labute approximate surface area is 187 Å². The molecular weight excluding hydrogens is 406 g/mol. The van der Waals surface area contributed by atoms with E-state index in [2.05, 4.69) is 40.8 Å². The molecule has 6 heteroatoms. The van der Waals surface area contributed by atoms with Gasteiger partial charge in [-0.25, -0.2) is 0 Å². The molecule has 2 N–H and O–H groups in total. The van der Waals surface area contributed by atoms with Crippen LogP contribution in [0.25, 0.3) is 10.9 Å². The summed E-state index contributed by atoms with van der Waals surface area (Å²) >= 11 is 1.71. The number of benzene rings is 2. The number of nitrogens with zero attached hydrogens (tertiary/aromatic N) is 1. The molecule has 2 heterocycles. The van der Waals surface area contributed by atoms with Gasteiger partial charge in [0.05, 0.1) is 0 Å². The van der Waals surface area contributed by atoms with Gasteiger partial charge in [-0.1, -0.05) is 37.3 Å². The Balaban J connectivity index is 1.28. The molecule has 4 rings (SSSR count). The van der Waals surface area contributed by atoms with E-state index in [1.807, 2.05) is 42.2 Å². The lowest BCUT2D eigenvalue weighted by molar-refractivity contribution is -0.126. The summed E-state index contributed by atoms with van der Waals surface area (Å²) in [6.07, 6.45) is 3.75. The summed E-state index contributed by atoms with van der Waals surface area (Å²) in [5.41, 5.74) is 2.73. The molecule has 3 aromatic rings. The Hall–Kier alpha value is -2.73. The highest BCUT2D eigenvalue weighted by molar-refractivity contribution is 7.98. The number of para-hydroxylation sites is 1. The van der Waals surface area contributed by atoms with Crippen molar-refractivity contribution in [2.45, 2.75) is 31.2 Å². The van der Waals surface area contributed by atoms with E-state index in [4.69, 9.17) is 0 Å². The van der Waals surface area contributed by atoms with Gasteiger partial charge in [0.2, 0.25) is 5.91 Å². The number of piperidine rings is 1. The second-order valence-electron chi connectivity index (χ2n) is 8.25. The van der Waals surface area contributed by atoms with Crippen LogP contribution in [-0.4, -0.2) is 41.0 Å². The van der Waals surface area contributed by atoms with Gasteiger partial charge in [0.25, 0.3) is 5.91 Å². The number of fused-ring (bicyclic) bond motifs is 1. The standard InChI is InChI=1S/C25H29N3O2S/c1-17(24(29)26-16-18-7-9-21(31-2)10-8-18)19-11-13-28(14-12-19)25(30)23-15-20-5-3-4-6-22(20)27-23/h3-10,15,17,19,27H,11-14,16H2,1-2H3,(H,26,29)/t17-/m1/s1. The Kier molecular flexibility index (Phi) is 6.66. The summed E-state index contributed by atoms with van der Waals surface area (Å²) in [4.78, 5) is 31.9. The molecule has 0 radical (unpaired) electrons. The molecular formula is C25H29N3O2S. The van der Waals surface area contributed by atoms with Crippen LogP contribution in [0.5, 0.6) is 0 Å². The quantitative estimate of drug-likeness (QED) is 0.552. The minimum atomic E-state index is -0.0594. The number of carbonyl (C=O) groups is 2. The molecule has 0 spiro atoms. The fourth-order valence-electron chi connectivity index (χ4n) is 4.27. The molecule has 0 unspecified atom stereocenters. The van der Waals surface area contributed by atoms with Crippen molar-refractivity contribution in [1.29, 1.82) is 0 Å². The highest BCUT2D eigenvalue weighted by Crippen LogP contribution is 2.27. The van der Waals surface area contributed by atoms with Gasteiger partial charge in [0, 0.05) is 41.4 Å². The first-order chi connectivity index (χ1) is 15.0. The Morgan fingerprint density at radius 2 is 1.84 bits per heavy atom. The number of hydrogen-bond donors (Lipinski definition) is 2. The fourth-order valence-corrected chi connectivity index (χ4v) is 4.68. The Morgan fingerprint density at radius 3 is 2.52 bits per heavy atom. The van der Waals surface area contributed by atoms with Gasteiger partial charge >= 0.3 is 0 Å². The predicted octanol–water partition coefficient (Wildman–Crippen LogP) is 4.69. The summed E-state index contributed by atoms with van der Waals surface area (Å²) in [6, 6.07) is 18.1. The summed E-state index contributed by atoms with van der Waals surface area (Å²) in [5.74, 6) is 0.371. The first-order valence-electron chi connectivity index (χ1n) is 10.8. The largest absolute Gasteiger partial charge is 0.352 e. The molecule has 0 aliphatic carbocycles. The average Bonchev–Trinajstić information content (AvgIpc) is 3.26. The number of rotatable bonds is 6. The van der Waals surface area contributed by atoms with Gasteiger partial charge in [-0.2, -0.15) is 0 Å². The van der Waals surface area contributed by atoms with Crippen molar-refractivity contribution in [3.8, 4) is 0 Å². The van der Waals surface area contributed by atoms with Crippen molar-refractivity contribution in [1.82, 2.24) is 15.2 Å². The molecule has 0 bridgehead atoms. The third kappa shape index (κ3) is 4.96. The van der Waals surface area contributed by atoms with E-state index in [0.29, 0.717) is 31.2 Å². The maximum atomic E-state index is 12.9. The molecule has 2 amide bonds. The molecule has 1 aliphatic rings. The number of hydrogen-bond acceptors (Lipinski definition) is 3. The number of amides is 2. The number of H-pyrrole nitrogens is 1. The Bertz CT molecular complexity index is 1020. The van der Waals surface area contributed by atoms with Gasteiger partial charge < -0.3 is 15.2 Å². The highest BCUT2D eigenvalue weighted by atomic mass is 32.2. The molecule has 1 aromatic heterocycles. The zero-order valence-corrected chi connectivity index (χ0v) is 18.9. The van der Waals surface area contributed by atoms with Crippen molar-refractivity contribution in [3.05, 3.63) is 65.9 Å². The maximum Gasteiger partial charge on any atom is 0.270 e. The maximum absolute atomic E-state index is 12.9. The van der Waals surface area contributed by atoms with E-state index >= 15 is 0 Å². The second-order valence-corrected chi connectivity index (χ2v) is 9.13. The predicted molar refractivity (Wildman–Crippen MR) is 126 cm³/mol. The second kappa shape index (κ2) is 9.60. The van der Waals surface area contributed by atoms with Crippen molar-refractivity contribution in [2.75, 3.05) is 19.3 Å². The van der Waals surface area contributed by atoms with Gasteiger partial charge in [0.15, 0.2) is 0 Å². The number of aromatic amines is 1. The van der Waals surface area contributed by atoms with E-state index in [1.54, 1.807) is 11.8 Å². The first kappa shape index (κ1) is 21.5. The van der Waals surface area contributed by atoms with Crippen molar-refractivity contribution >= 4 is 34.5 Å². The summed E-state index contributed by atoms with van der Waals surface area (Å²) in [7, 11) is 0. The van der Waals surface area contributed by atoms with Crippen molar-refractivity contribution in [3.63, 3.8) is 0 Å². The number of carbonyl (C=O) groups excluding carboxylic acids is 2. The average molecular weight is 436 g/mol. The van der Waals surface area contributed by atoms with Crippen molar-refractivity contribution in [2.24, 2.45) is 11.8 Å².